The van der Waals surface area contributed by atoms with E-state index in [9.17, 15) is 9.59 Å². The molecule has 0 aliphatic carbocycles. The standard InChI is InChI=1S/C17H19N3O5/c1-17(2,3)25-16(22)20-11-6-5-7-12(8-11)24-14-9-13(15(21)23-4)18-10-19-14/h5-10H,1-4H3,(H,20,22). The summed E-state index contributed by atoms with van der Waals surface area (Å²) >= 11 is 0. The van der Waals surface area contributed by atoms with Gasteiger partial charge < -0.3 is 14.2 Å². The van der Waals surface area contributed by atoms with Crippen LogP contribution in [0.15, 0.2) is 36.7 Å². The molecule has 0 aliphatic heterocycles. The van der Waals surface area contributed by atoms with E-state index in [-0.39, 0.29) is 11.6 Å². The number of carbonyl (C=O) groups excluding carboxylic acids is 2. The van der Waals surface area contributed by atoms with Gasteiger partial charge in [-0.25, -0.2) is 19.6 Å². The number of benzene rings is 1. The van der Waals surface area contributed by atoms with E-state index in [4.69, 9.17) is 9.47 Å². The Bertz CT molecular complexity index is 771. The number of anilines is 1. The summed E-state index contributed by atoms with van der Waals surface area (Å²) in [4.78, 5) is 31.0. The minimum Gasteiger partial charge on any atom is -0.464 e. The Kier molecular flexibility index (Phi) is 5.53. The van der Waals surface area contributed by atoms with E-state index in [2.05, 4.69) is 20.0 Å². The summed E-state index contributed by atoms with van der Waals surface area (Å²) in [6.45, 7) is 5.33. The van der Waals surface area contributed by atoms with Crippen LogP contribution in [-0.2, 0) is 9.47 Å². The van der Waals surface area contributed by atoms with Crippen molar-refractivity contribution in [3.05, 3.63) is 42.4 Å². The highest BCUT2D eigenvalue weighted by atomic mass is 16.6. The van der Waals surface area contributed by atoms with Crippen molar-refractivity contribution in [2.24, 2.45) is 0 Å². The maximum atomic E-state index is 11.8. The van der Waals surface area contributed by atoms with E-state index < -0.39 is 17.7 Å². The van der Waals surface area contributed by atoms with E-state index in [0.29, 0.717) is 11.4 Å². The maximum Gasteiger partial charge on any atom is 0.412 e. The molecule has 0 spiro atoms. The predicted octanol–water partition coefficient (Wildman–Crippen LogP) is 3.40. The Morgan fingerprint density at radius 3 is 2.56 bits per heavy atom. The van der Waals surface area contributed by atoms with E-state index in [1.165, 1.54) is 19.5 Å². The van der Waals surface area contributed by atoms with E-state index in [1.807, 2.05) is 0 Å². The molecule has 0 fully saturated rings. The zero-order chi connectivity index (χ0) is 18.4. The Morgan fingerprint density at radius 2 is 1.88 bits per heavy atom. The van der Waals surface area contributed by atoms with E-state index in [0.717, 1.165) is 0 Å². The Balaban J connectivity index is 2.09. The zero-order valence-corrected chi connectivity index (χ0v) is 14.4. The molecule has 1 heterocycles. The van der Waals surface area contributed by atoms with Gasteiger partial charge in [0.15, 0.2) is 5.69 Å². The number of hydrogen-bond acceptors (Lipinski definition) is 7. The average Bonchev–Trinajstić information content (AvgIpc) is 2.52. The average molecular weight is 345 g/mol. The first-order valence-corrected chi connectivity index (χ1v) is 7.45. The lowest BCUT2D eigenvalue weighted by Crippen LogP contribution is -2.27. The van der Waals surface area contributed by atoms with E-state index >= 15 is 0 Å². The van der Waals surface area contributed by atoms with Crippen molar-refractivity contribution in [3.8, 4) is 11.6 Å². The second-order valence-corrected chi connectivity index (χ2v) is 5.99. The summed E-state index contributed by atoms with van der Waals surface area (Å²) in [7, 11) is 1.26. The van der Waals surface area contributed by atoms with Crippen molar-refractivity contribution >= 4 is 17.7 Å². The van der Waals surface area contributed by atoms with Crippen molar-refractivity contribution in [2.75, 3.05) is 12.4 Å². The minimum absolute atomic E-state index is 0.0792. The Hall–Kier alpha value is -3.16. The summed E-state index contributed by atoms with van der Waals surface area (Å²) < 4.78 is 15.4. The smallest absolute Gasteiger partial charge is 0.412 e. The number of hydrogen-bond donors (Lipinski definition) is 1. The van der Waals surface area contributed by atoms with Gasteiger partial charge in [-0.05, 0) is 32.9 Å². The summed E-state index contributed by atoms with van der Waals surface area (Å²) in [5, 5.41) is 2.62. The van der Waals surface area contributed by atoms with Crippen LogP contribution < -0.4 is 10.1 Å². The van der Waals surface area contributed by atoms with Crippen LogP contribution in [0.3, 0.4) is 0 Å². The SMILES string of the molecule is COC(=O)c1cc(Oc2cccc(NC(=O)OC(C)(C)C)c2)ncn1. The van der Waals surface area contributed by atoms with Gasteiger partial charge in [-0.3, -0.25) is 5.32 Å². The van der Waals surface area contributed by atoms with Crippen LogP contribution in [0.25, 0.3) is 0 Å². The predicted molar refractivity (Wildman–Crippen MR) is 89.7 cm³/mol. The number of nitrogens with zero attached hydrogens (tertiary/aromatic N) is 2. The first kappa shape index (κ1) is 18.2. The number of methoxy groups -OCH3 is 1. The molecular weight excluding hydrogens is 326 g/mol. The molecule has 0 bridgehead atoms. The van der Waals surface area contributed by atoms with Crippen molar-refractivity contribution in [3.63, 3.8) is 0 Å². The van der Waals surface area contributed by atoms with Crippen LogP contribution in [0, 0.1) is 0 Å². The van der Waals surface area contributed by atoms with Gasteiger partial charge in [0.25, 0.3) is 0 Å². The number of rotatable bonds is 4. The molecule has 132 valence electrons. The first-order chi connectivity index (χ1) is 11.8. The van der Waals surface area contributed by atoms with Gasteiger partial charge in [-0.2, -0.15) is 0 Å². The lowest BCUT2D eigenvalue weighted by atomic mass is 10.2. The molecule has 0 saturated carbocycles. The van der Waals surface area contributed by atoms with Gasteiger partial charge in [0.2, 0.25) is 5.88 Å². The van der Waals surface area contributed by atoms with Crippen LogP contribution in [0.5, 0.6) is 11.6 Å². The van der Waals surface area contributed by atoms with Crippen molar-refractivity contribution in [2.45, 2.75) is 26.4 Å². The number of nitrogens with one attached hydrogen (secondary N) is 1. The van der Waals surface area contributed by atoms with Gasteiger partial charge in [0, 0.05) is 17.8 Å². The fourth-order valence-electron chi connectivity index (χ4n) is 1.79. The summed E-state index contributed by atoms with van der Waals surface area (Å²) in [5.41, 5.74) is -0.0202. The lowest BCUT2D eigenvalue weighted by molar-refractivity contribution is 0.0591. The largest absolute Gasteiger partial charge is 0.464 e. The third-order valence-electron chi connectivity index (χ3n) is 2.74. The highest BCUT2D eigenvalue weighted by Gasteiger charge is 2.16. The molecule has 1 N–H and O–H groups in total. The molecule has 0 radical (unpaired) electrons. The molecule has 0 unspecified atom stereocenters. The highest BCUT2D eigenvalue weighted by Crippen LogP contribution is 2.23. The van der Waals surface area contributed by atoms with Crippen LogP contribution >= 0.6 is 0 Å². The molecular formula is C17H19N3O5. The summed E-state index contributed by atoms with van der Waals surface area (Å²) in [6.07, 6.45) is 0.629. The van der Waals surface area contributed by atoms with Gasteiger partial charge in [0.1, 0.15) is 17.7 Å². The number of ether oxygens (including phenoxy) is 3. The zero-order valence-electron chi connectivity index (χ0n) is 14.4. The van der Waals surface area contributed by atoms with Gasteiger partial charge in [-0.15, -0.1) is 0 Å². The molecule has 0 saturated heterocycles. The third kappa shape index (κ3) is 5.76. The van der Waals surface area contributed by atoms with Crippen molar-refractivity contribution in [1.82, 2.24) is 9.97 Å². The fraction of sp³-hybridized carbons (Fsp3) is 0.294. The molecule has 8 nitrogen and oxygen atoms in total. The number of amides is 1. The molecule has 1 aromatic heterocycles. The second-order valence-electron chi connectivity index (χ2n) is 5.99. The summed E-state index contributed by atoms with van der Waals surface area (Å²) in [6, 6.07) is 8.03. The number of carbonyl (C=O) groups is 2. The lowest BCUT2D eigenvalue weighted by Gasteiger charge is -2.19. The number of aromatic nitrogens is 2. The van der Waals surface area contributed by atoms with Crippen LogP contribution in [-0.4, -0.2) is 34.7 Å². The minimum atomic E-state index is -0.594. The molecule has 25 heavy (non-hydrogen) atoms. The Labute approximate surface area is 145 Å². The fourth-order valence-corrected chi connectivity index (χ4v) is 1.79. The molecule has 0 atom stereocenters. The molecule has 1 amide bonds. The van der Waals surface area contributed by atoms with Gasteiger partial charge in [-0.1, -0.05) is 6.07 Å². The molecule has 2 aromatic rings. The molecule has 1 aromatic carbocycles. The van der Waals surface area contributed by atoms with E-state index in [1.54, 1.807) is 45.0 Å². The number of esters is 1. The highest BCUT2D eigenvalue weighted by molar-refractivity contribution is 5.87. The summed E-state index contributed by atoms with van der Waals surface area (Å²) in [5.74, 6) is 0.000450. The van der Waals surface area contributed by atoms with Crippen molar-refractivity contribution < 1.29 is 23.8 Å². The topological polar surface area (TPSA) is 99.6 Å². The van der Waals surface area contributed by atoms with Gasteiger partial charge >= 0.3 is 12.1 Å². The normalized spacial score (nSPS) is 10.7. The van der Waals surface area contributed by atoms with Gasteiger partial charge in [0.05, 0.1) is 7.11 Å². The van der Waals surface area contributed by atoms with Crippen LogP contribution in [0.1, 0.15) is 31.3 Å². The maximum absolute atomic E-state index is 11.8. The van der Waals surface area contributed by atoms with Crippen LogP contribution in [0.4, 0.5) is 10.5 Å². The third-order valence-corrected chi connectivity index (χ3v) is 2.74. The first-order valence-electron chi connectivity index (χ1n) is 7.45. The monoisotopic (exact) mass is 345 g/mol. The molecule has 8 heteroatoms. The van der Waals surface area contributed by atoms with Crippen molar-refractivity contribution in [1.29, 1.82) is 0 Å². The second kappa shape index (κ2) is 7.61. The molecule has 2 rings (SSSR count). The quantitative estimate of drug-likeness (QED) is 0.848. The molecule has 0 aliphatic rings. The van der Waals surface area contributed by atoms with Crippen LogP contribution in [0.2, 0.25) is 0 Å². The Morgan fingerprint density at radius 1 is 1.12 bits per heavy atom.